The Morgan fingerprint density at radius 3 is 2.25 bits per heavy atom. The molecule has 0 unspecified atom stereocenters. The lowest BCUT2D eigenvalue weighted by molar-refractivity contribution is -0.127. The minimum atomic E-state index is -3.95. The minimum Gasteiger partial charge on any atom is -0.477 e. The molecule has 112 valence electrons. The van der Waals surface area contributed by atoms with Crippen molar-refractivity contribution >= 4 is 21.9 Å². The number of aromatic carboxylic acids is 1. The van der Waals surface area contributed by atoms with Gasteiger partial charge in [0.05, 0.1) is 6.54 Å². The zero-order valence-corrected chi connectivity index (χ0v) is 12.5. The van der Waals surface area contributed by atoms with E-state index in [0.29, 0.717) is 0 Å². The summed E-state index contributed by atoms with van der Waals surface area (Å²) in [6.45, 7) is 2.47. The third kappa shape index (κ3) is 3.17. The van der Waals surface area contributed by atoms with Gasteiger partial charge in [0.2, 0.25) is 15.9 Å². The Morgan fingerprint density at radius 2 is 1.85 bits per heavy atom. The number of nitrogens with zero attached hydrogens (tertiary/aromatic N) is 1. The minimum absolute atomic E-state index is 0.111. The van der Waals surface area contributed by atoms with Gasteiger partial charge in [-0.05, 0) is 13.8 Å². The zero-order valence-electron chi connectivity index (χ0n) is 11.6. The lowest BCUT2D eigenvalue weighted by atomic mass is 10.2. The number of carboxylic acid groups (broad SMARTS) is 1. The van der Waals surface area contributed by atoms with Crippen LogP contribution in [0.15, 0.2) is 4.90 Å². The maximum Gasteiger partial charge on any atom is 0.352 e. The second-order valence-corrected chi connectivity index (χ2v) is 6.20. The molecule has 0 radical (unpaired) electrons. The summed E-state index contributed by atoms with van der Waals surface area (Å²) in [6, 6.07) is 0. The van der Waals surface area contributed by atoms with Crippen molar-refractivity contribution in [3.05, 3.63) is 17.0 Å². The van der Waals surface area contributed by atoms with Crippen molar-refractivity contribution in [2.24, 2.45) is 0 Å². The van der Waals surface area contributed by atoms with Crippen LogP contribution in [0, 0.1) is 13.8 Å². The summed E-state index contributed by atoms with van der Waals surface area (Å²) in [5.41, 5.74) is 0.145. The molecule has 20 heavy (non-hydrogen) atoms. The first kappa shape index (κ1) is 16.2. The summed E-state index contributed by atoms with van der Waals surface area (Å²) < 4.78 is 26.4. The van der Waals surface area contributed by atoms with E-state index in [9.17, 15) is 18.0 Å². The van der Waals surface area contributed by atoms with Gasteiger partial charge in [-0.1, -0.05) is 0 Å². The lowest BCUT2D eigenvalue weighted by Gasteiger charge is -2.11. The highest BCUT2D eigenvalue weighted by molar-refractivity contribution is 7.89. The van der Waals surface area contributed by atoms with Gasteiger partial charge in [-0.25, -0.2) is 17.9 Å². The molecule has 1 heterocycles. The third-order valence-electron chi connectivity index (χ3n) is 2.76. The summed E-state index contributed by atoms with van der Waals surface area (Å²) in [7, 11) is -0.943. The van der Waals surface area contributed by atoms with Crippen molar-refractivity contribution in [3.8, 4) is 0 Å². The Labute approximate surface area is 116 Å². The Balaban J connectivity index is 3.11. The van der Waals surface area contributed by atoms with Crippen LogP contribution in [-0.4, -0.2) is 55.9 Å². The van der Waals surface area contributed by atoms with Crippen LogP contribution in [0.4, 0.5) is 0 Å². The largest absolute Gasteiger partial charge is 0.477 e. The quantitative estimate of drug-likeness (QED) is 0.689. The van der Waals surface area contributed by atoms with E-state index in [1.54, 1.807) is 0 Å². The van der Waals surface area contributed by atoms with Gasteiger partial charge in [-0.15, -0.1) is 0 Å². The van der Waals surface area contributed by atoms with Crippen LogP contribution in [0.3, 0.4) is 0 Å². The number of sulfonamides is 1. The fraction of sp³-hybridized carbons (Fsp3) is 0.455. The maximum absolute atomic E-state index is 12.1. The number of hydrogen-bond acceptors (Lipinski definition) is 4. The van der Waals surface area contributed by atoms with Gasteiger partial charge in [0, 0.05) is 25.4 Å². The van der Waals surface area contributed by atoms with Crippen LogP contribution in [0.2, 0.25) is 0 Å². The number of likely N-dealkylation sites (N-methyl/N-ethyl adjacent to an activating group) is 1. The molecule has 0 spiro atoms. The normalized spacial score (nSPS) is 11.4. The number of rotatable bonds is 5. The number of aromatic nitrogens is 1. The van der Waals surface area contributed by atoms with Gasteiger partial charge in [0.15, 0.2) is 0 Å². The molecule has 0 aliphatic carbocycles. The maximum atomic E-state index is 12.1. The molecule has 1 aromatic rings. The van der Waals surface area contributed by atoms with Crippen LogP contribution in [-0.2, 0) is 14.8 Å². The molecule has 3 N–H and O–H groups in total. The van der Waals surface area contributed by atoms with E-state index in [1.807, 2.05) is 0 Å². The molecular weight excluding hydrogens is 286 g/mol. The van der Waals surface area contributed by atoms with Gasteiger partial charge >= 0.3 is 5.97 Å². The SMILES string of the molecule is Cc1[nH]c(C(=O)O)c(C)c1S(=O)(=O)NCC(=O)N(C)C. The van der Waals surface area contributed by atoms with E-state index in [4.69, 9.17) is 5.11 Å². The molecular formula is C11H17N3O5S. The van der Waals surface area contributed by atoms with Gasteiger partial charge in [-0.2, -0.15) is 0 Å². The number of amides is 1. The molecule has 8 nitrogen and oxygen atoms in total. The number of aromatic amines is 1. The predicted octanol–water partition coefficient (Wildman–Crippen LogP) is -0.304. The summed E-state index contributed by atoms with van der Waals surface area (Å²) in [4.78, 5) is 26.0. The first-order valence-electron chi connectivity index (χ1n) is 5.70. The van der Waals surface area contributed by atoms with E-state index < -0.39 is 21.9 Å². The van der Waals surface area contributed by atoms with Crippen molar-refractivity contribution < 1.29 is 23.1 Å². The number of hydrogen-bond donors (Lipinski definition) is 3. The molecule has 1 amide bonds. The number of carboxylic acids is 1. The monoisotopic (exact) mass is 303 g/mol. The number of carbonyl (C=O) groups is 2. The van der Waals surface area contributed by atoms with Crippen molar-refractivity contribution in [1.82, 2.24) is 14.6 Å². The second kappa shape index (κ2) is 5.63. The molecule has 0 saturated carbocycles. The van der Waals surface area contributed by atoms with Gasteiger partial charge < -0.3 is 15.0 Å². The lowest BCUT2D eigenvalue weighted by Crippen LogP contribution is -2.36. The Morgan fingerprint density at radius 1 is 1.30 bits per heavy atom. The highest BCUT2D eigenvalue weighted by atomic mass is 32.2. The van der Waals surface area contributed by atoms with Crippen molar-refractivity contribution in [2.45, 2.75) is 18.7 Å². The van der Waals surface area contributed by atoms with Crippen LogP contribution < -0.4 is 4.72 Å². The highest BCUT2D eigenvalue weighted by Crippen LogP contribution is 2.22. The third-order valence-corrected chi connectivity index (χ3v) is 4.44. The summed E-state index contributed by atoms with van der Waals surface area (Å²) in [5, 5.41) is 8.95. The fourth-order valence-corrected chi connectivity index (χ4v) is 3.15. The number of aryl methyl sites for hydroxylation is 1. The summed E-state index contributed by atoms with van der Waals surface area (Å²) >= 11 is 0. The predicted molar refractivity (Wildman–Crippen MR) is 71.1 cm³/mol. The van der Waals surface area contributed by atoms with Crippen LogP contribution in [0.25, 0.3) is 0 Å². The molecule has 0 atom stereocenters. The van der Waals surface area contributed by atoms with Gasteiger partial charge in [0.25, 0.3) is 0 Å². The van der Waals surface area contributed by atoms with Crippen molar-refractivity contribution in [1.29, 1.82) is 0 Å². The zero-order chi connectivity index (χ0) is 15.7. The Hall–Kier alpha value is -1.87. The number of nitrogens with one attached hydrogen (secondary N) is 2. The Kier molecular flexibility index (Phi) is 4.56. The van der Waals surface area contributed by atoms with E-state index in [1.165, 1.54) is 32.8 Å². The van der Waals surface area contributed by atoms with Crippen LogP contribution >= 0.6 is 0 Å². The van der Waals surface area contributed by atoms with Crippen molar-refractivity contribution in [2.75, 3.05) is 20.6 Å². The molecule has 1 rings (SSSR count). The molecule has 0 saturated heterocycles. The molecule has 0 bridgehead atoms. The fourth-order valence-electron chi connectivity index (χ4n) is 1.74. The average molecular weight is 303 g/mol. The molecule has 0 aliphatic rings. The van der Waals surface area contributed by atoms with Crippen LogP contribution in [0.1, 0.15) is 21.7 Å². The van der Waals surface area contributed by atoms with Gasteiger partial charge in [-0.3, -0.25) is 4.79 Å². The molecule has 9 heteroatoms. The average Bonchev–Trinajstić information content (AvgIpc) is 2.62. The smallest absolute Gasteiger partial charge is 0.352 e. The summed E-state index contributed by atoms with van der Waals surface area (Å²) in [6.07, 6.45) is 0. The van der Waals surface area contributed by atoms with Crippen molar-refractivity contribution in [3.63, 3.8) is 0 Å². The van der Waals surface area contributed by atoms with E-state index in [2.05, 4.69) is 9.71 Å². The summed E-state index contributed by atoms with van der Waals surface area (Å²) in [5.74, 6) is -1.64. The molecule has 1 aromatic heterocycles. The van der Waals surface area contributed by atoms with E-state index in [-0.39, 0.29) is 28.4 Å². The van der Waals surface area contributed by atoms with Crippen LogP contribution in [0.5, 0.6) is 0 Å². The molecule has 0 aromatic carbocycles. The second-order valence-electron chi connectivity index (χ2n) is 4.50. The number of H-pyrrole nitrogens is 1. The number of carbonyl (C=O) groups excluding carboxylic acids is 1. The molecule has 0 aliphatic heterocycles. The Bertz CT molecular complexity index is 645. The standard InChI is InChI=1S/C11H17N3O5S/c1-6-9(11(16)17)13-7(2)10(6)20(18,19)12-5-8(15)14(3)4/h12-13H,5H2,1-4H3,(H,16,17). The van der Waals surface area contributed by atoms with E-state index in [0.717, 1.165) is 0 Å². The highest BCUT2D eigenvalue weighted by Gasteiger charge is 2.26. The molecule has 0 fully saturated rings. The topological polar surface area (TPSA) is 120 Å². The van der Waals surface area contributed by atoms with E-state index >= 15 is 0 Å². The first-order chi connectivity index (χ1) is 9.08. The first-order valence-corrected chi connectivity index (χ1v) is 7.18. The van der Waals surface area contributed by atoms with Gasteiger partial charge in [0.1, 0.15) is 10.6 Å².